The van der Waals surface area contributed by atoms with Gasteiger partial charge in [0.15, 0.2) is 5.16 Å². The van der Waals surface area contributed by atoms with Crippen LogP contribution >= 0.6 is 11.8 Å². The van der Waals surface area contributed by atoms with Crippen LogP contribution in [-0.2, 0) is 9.53 Å². The minimum atomic E-state index is -0.424. The molecule has 3 rings (SSSR count). The zero-order valence-corrected chi connectivity index (χ0v) is 15.3. The number of hydrogen-bond acceptors (Lipinski definition) is 7. The highest BCUT2D eigenvalue weighted by Crippen LogP contribution is 2.19. The van der Waals surface area contributed by atoms with E-state index in [0.717, 1.165) is 5.69 Å². The molecule has 3 aromatic rings. The van der Waals surface area contributed by atoms with E-state index in [-0.39, 0.29) is 11.7 Å². The van der Waals surface area contributed by atoms with Gasteiger partial charge in [-0.3, -0.25) is 14.3 Å². The van der Waals surface area contributed by atoms with Gasteiger partial charge in [-0.25, -0.2) is 4.79 Å². The Labute approximate surface area is 160 Å². The molecule has 0 aliphatic heterocycles. The number of thioether (sulfide) groups is 1. The third-order valence-electron chi connectivity index (χ3n) is 3.43. The Balaban J connectivity index is 1.61. The number of pyridine rings is 1. The van der Waals surface area contributed by atoms with Gasteiger partial charge < -0.3 is 10.1 Å². The first-order valence-electron chi connectivity index (χ1n) is 8.17. The number of aromatic nitrogens is 4. The van der Waals surface area contributed by atoms with Gasteiger partial charge in [0.05, 0.1) is 29.8 Å². The summed E-state index contributed by atoms with van der Waals surface area (Å²) < 4.78 is 6.72. The number of nitrogens with one attached hydrogen (secondary N) is 1. The van der Waals surface area contributed by atoms with Gasteiger partial charge in [-0.1, -0.05) is 17.8 Å². The van der Waals surface area contributed by atoms with Gasteiger partial charge in [-0.15, -0.1) is 10.2 Å². The number of esters is 1. The summed E-state index contributed by atoms with van der Waals surface area (Å²) in [4.78, 5) is 28.1. The zero-order chi connectivity index (χ0) is 19.1. The van der Waals surface area contributed by atoms with E-state index in [2.05, 4.69) is 20.5 Å². The molecule has 1 amide bonds. The van der Waals surface area contributed by atoms with Gasteiger partial charge in [-0.05, 0) is 37.3 Å². The van der Waals surface area contributed by atoms with Crippen LogP contribution in [0.4, 0.5) is 5.69 Å². The van der Waals surface area contributed by atoms with E-state index >= 15 is 0 Å². The summed E-state index contributed by atoms with van der Waals surface area (Å²) in [6.45, 7) is 2.04. The number of nitrogens with zero attached hydrogens (tertiary/aromatic N) is 4. The van der Waals surface area contributed by atoms with Crippen molar-refractivity contribution in [1.29, 1.82) is 0 Å². The maximum atomic E-state index is 12.2. The molecule has 8 nitrogen and oxygen atoms in total. The van der Waals surface area contributed by atoms with Crippen molar-refractivity contribution in [1.82, 2.24) is 19.7 Å². The molecule has 0 aliphatic rings. The molecule has 0 radical (unpaired) electrons. The molecular weight excluding hydrogens is 366 g/mol. The van der Waals surface area contributed by atoms with Gasteiger partial charge in [0, 0.05) is 11.9 Å². The second kappa shape index (κ2) is 8.95. The standard InChI is InChI=1S/C18H17N5O3S/c1-2-26-17(25)13-5-3-6-14(9-13)21-16(24)11-27-18-22-20-12-23(18)15-7-4-8-19-10-15/h3-10,12H,2,11H2,1H3,(H,21,24). The van der Waals surface area contributed by atoms with Crippen LogP contribution in [-0.4, -0.2) is 44.0 Å². The SMILES string of the molecule is CCOC(=O)c1cccc(NC(=O)CSc2nncn2-c2cccnc2)c1. The molecule has 1 aromatic carbocycles. The molecule has 9 heteroatoms. The molecule has 0 saturated carbocycles. The minimum Gasteiger partial charge on any atom is -0.462 e. The maximum Gasteiger partial charge on any atom is 0.338 e. The number of rotatable bonds is 7. The Bertz CT molecular complexity index is 930. The highest BCUT2D eigenvalue weighted by Gasteiger charge is 2.12. The topological polar surface area (TPSA) is 99.0 Å². The highest BCUT2D eigenvalue weighted by molar-refractivity contribution is 7.99. The summed E-state index contributed by atoms with van der Waals surface area (Å²) >= 11 is 1.25. The molecule has 1 N–H and O–H groups in total. The molecule has 27 heavy (non-hydrogen) atoms. The fraction of sp³-hybridized carbons (Fsp3) is 0.167. The van der Waals surface area contributed by atoms with E-state index in [0.29, 0.717) is 23.0 Å². The van der Waals surface area contributed by atoms with Crippen LogP contribution in [0.1, 0.15) is 17.3 Å². The number of amides is 1. The van der Waals surface area contributed by atoms with Gasteiger partial charge in [-0.2, -0.15) is 0 Å². The second-order valence-corrected chi connectivity index (χ2v) is 6.28. The van der Waals surface area contributed by atoms with Gasteiger partial charge in [0.25, 0.3) is 0 Å². The summed E-state index contributed by atoms with van der Waals surface area (Å²) in [5.74, 6) is -0.503. The van der Waals surface area contributed by atoms with Crippen molar-refractivity contribution >= 4 is 29.3 Å². The Kier molecular flexibility index (Phi) is 6.16. The Hall–Kier alpha value is -3.20. The number of benzene rings is 1. The lowest BCUT2D eigenvalue weighted by Crippen LogP contribution is -2.15. The number of ether oxygens (including phenoxy) is 1. The van der Waals surface area contributed by atoms with E-state index in [9.17, 15) is 9.59 Å². The van der Waals surface area contributed by atoms with E-state index in [4.69, 9.17) is 4.74 Å². The van der Waals surface area contributed by atoms with Crippen LogP contribution in [0.15, 0.2) is 60.3 Å². The molecule has 0 saturated heterocycles. The number of anilines is 1. The number of carbonyl (C=O) groups excluding carboxylic acids is 2. The first-order chi connectivity index (χ1) is 13.2. The lowest BCUT2D eigenvalue weighted by Gasteiger charge is -2.08. The zero-order valence-electron chi connectivity index (χ0n) is 14.5. The Morgan fingerprint density at radius 3 is 2.93 bits per heavy atom. The van der Waals surface area contributed by atoms with Crippen molar-refractivity contribution < 1.29 is 14.3 Å². The number of hydrogen-bond donors (Lipinski definition) is 1. The van der Waals surface area contributed by atoms with Crippen molar-refractivity contribution in [2.45, 2.75) is 12.1 Å². The fourth-order valence-electron chi connectivity index (χ4n) is 2.26. The van der Waals surface area contributed by atoms with Crippen molar-refractivity contribution in [2.75, 3.05) is 17.7 Å². The van der Waals surface area contributed by atoms with E-state index < -0.39 is 5.97 Å². The van der Waals surface area contributed by atoms with Crippen LogP contribution in [0.5, 0.6) is 0 Å². The van der Waals surface area contributed by atoms with E-state index in [1.807, 2.05) is 12.1 Å². The summed E-state index contributed by atoms with van der Waals surface area (Å²) in [6, 6.07) is 10.3. The quantitative estimate of drug-likeness (QED) is 0.494. The smallest absolute Gasteiger partial charge is 0.338 e. The minimum absolute atomic E-state index is 0.141. The van der Waals surface area contributed by atoms with Crippen LogP contribution in [0.3, 0.4) is 0 Å². The summed E-state index contributed by atoms with van der Waals surface area (Å²) in [7, 11) is 0. The molecular formula is C18H17N5O3S. The van der Waals surface area contributed by atoms with Gasteiger partial charge in [0.1, 0.15) is 6.33 Å². The molecule has 2 aromatic heterocycles. The van der Waals surface area contributed by atoms with Crippen molar-refractivity contribution in [3.63, 3.8) is 0 Å². The van der Waals surface area contributed by atoms with Crippen LogP contribution in [0, 0.1) is 0 Å². The predicted octanol–water partition coefficient (Wildman–Crippen LogP) is 2.57. The average molecular weight is 383 g/mol. The molecule has 2 heterocycles. The molecule has 0 unspecified atom stereocenters. The third-order valence-corrected chi connectivity index (χ3v) is 4.37. The van der Waals surface area contributed by atoms with E-state index in [1.54, 1.807) is 54.5 Å². The van der Waals surface area contributed by atoms with Gasteiger partial charge in [0.2, 0.25) is 5.91 Å². The second-order valence-electron chi connectivity index (χ2n) is 5.33. The van der Waals surface area contributed by atoms with Crippen molar-refractivity contribution in [2.24, 2.45) is 0 Å². The van der Waals surface area contributed by atoms with Crippen LogP contribution in [0.2, 0.25) is 0 Å². The Morgan fingerprint density at radius 2 is 2.15 bits per heavy atom. The third kappa shape index (κ3) is 4.91. The first kappa shape index (κ1) is 18.6. The first-order valence-corrected chi connectivity index (χ1v) is 9.16. The number of carbonyl (C=O) groups is 2. The highest BCUT2D eigenvalue weighted by atomic mass is 32.2. The fourth-order valence-corrected chi connectivity index (χ4v) is 2.99. The van der Waals surface area contributed by atoms with Gasteiger partial charge >= 0.3 is 5.97 Å². The lowest BCUT2D eigenvalue weighted by atomic mass is 10.2. The molecule has 0 bridgehead atoms. The maximum absolute atomic E-state index is 12.2. The summed E-state index contributed by atoms with van der Waals surface area (Å²) in [5.41, 5.74) is 1.73. The van der Waals surface area contributed by atoms with Crippen LogP contribution in [0.25, 0.3) is 5.69 Å². The lowest BCUT2D eigenvalue weighted by molar-refractivity contribution is -0.113. The van der Waals surface area contributed by atoms with Crippen LogP contribution < -0.4 is 5.32 Å². The summed E-state index contributed by atoms with van der Waals surface area (Å²) in [5, 5.41) is 11.3. The predicted molar refractivity (Wildman–Crippen MR) is 101 cm³/mol. The monoisotopic (exact) mass is 383 g/mol. The normalized spacial score (nSPS) is 10.4. The van der Waals surface area contributed by atoms with E-state index in [1.165, 1.54) is 11.8 Å². The molecule has 138 valence electrons. The summed E-state index contributed by atoms with van der Waals surface area (Å²) in [6.07, 6.45) is 4.94. The molecule has 0 spiro atoms. The molecule has 0 aliphatic carbocycles. The average Bonchev–Trinajstić information content (AvgIpc) is 3.16. The molecule has 0 atom stereocenters. The Morgan fingerprint density at radius 1 is 1.26 bits per heavy atom. The van der Waals surface area contributed by atoms with Crippen molar-refractivity contribution in [3.8, 4) is 5.69 Å². The largest absolute Gasteiger partial charge is 0.462 e. The van der Waals surface area contributed by atoms with Crippen molar-refractivity contribution in [3.05, 3.63) is 60.7 Å². The molecule has 0 fully saturated rings.